The van der Waals surface area contributed by atoms with E-state index in [2.05, 4.69) is 34.7 Å². The number of alkyl halides is 1. The third-order valence-corrected chi connectivity index (χ3v) is 2.39. The van der Waals surface area contributed by atoms with Crippen LogP contribution in [0, 0.1) is 0 Å². The average Bonchev–Trinajstić information content (AvgIpc) is 2.15. The number of ether oxygens (including phenoxy) is 1. The first-order chi connectivity index (χ1) is 6.77. The van der Waals surface area contributed by atoms with Gasteiger partial charge in [0.25, 0.3) is 0 Å². The van der Waals surface area contributed by atoms with Gasteiger partial charge in [0.15, 0.2) is 0 Å². The van der Waals surface area contributed by atoms with Crippen molar-refractivity contribution in [3.63, 3.8) is 0 Å². The van der Waals surface area contributed by atoms with Crippen molar-refractivity contribution in [2.45, 2.75) is 39.0 Å². The molecule has 0 heterocycles. The van der Waals surface area contributed by atoms with Crippen LogP contribution in [-0.4, -0.2) is 17.0 Å². The first-order valence-corrected chi connectivity index (χ1v) is 6.64. The minimum atomic E-state index is -0.174. The molecule has 0 radical (unpaired) electrons. The van der Waals surface area contributed by atoms with E-state index in [4.69, 9.17) is 4.74 Å². The van der Waals surface area contributed by atoms with E-state index in [1.807, 2.05) is 0 Å². The molecular formula is C11H19IO2. The molecule has 2 nitrogen and oxygen atoms in total. The largest absolute Gasteiger partial charge is 0.466 e. The second-order valence-electron chi connectivity index (χ2n) is 3.14. The Hall–Kier alpha value is -0.0600. The topological polar surface area (TPSA) is 26.3 Å². The Morgan fingerprint density at radius 1 is 1.21 bits per heavy atom. The first-order valence-electron chi connectivity index (χ1n) is 5.11. The minimum Gasteiger partial charge on any atom is -0.466 e. The van der Waals surface area contributed by atoms with Crippen molar-refractivity contribution in [3.8, 4) is 0 Å². The predicted octanol–water partition coefficient (Wildman–Crippen LogP) is 3.49. The van der Waals surface area contributed by atoms with Crippen molar-refractivity contribution in [2.75, 3.05) is 11.0 Å². The lowest BCUT2D eigenvalue weighted by Gasteiger charge is -2.00. The van der Waals surface area contributed by atoms with Crippen LogP contribution in [0.25, 0.3) is 0 Å². The van der Waals surface area contributed by atoms with Crippen LogP contribution in [-0.2, 0) is 9.53 Å². The third-order valence-electron chi connectivity index (χ3n) is 1.76. The molecule has 0 saturated carbocycles. The maximum atomic E-state index is 10.4. The molecule has 0 aliphatic carbocycles. The first kappa shape index (κ1) is 13.9. The highest BCUT2D eigenvalue weighted by atomic mass is 127. The lowest BCUT2D eigenvalue weighted by atomic mass is 10.2. The van der Waals surface area contributed by atoms with Crippen LogP contribution in [0.1, 0.15) is 39.0 Å². The zero-order valence-electron chi connectivity index (χ0n) is 8.80. The summed E-state index contributed by atoms with van der Waals surface area (Å²) < 4.78 is 6.02. The number of carbonyl (C=O) groups excluding carboxylic acids is 1. The van der Waals surface area contributed by atoms with Gasteiger partial charge >= 0.3 is 5.97 Å². The van der Waals surface area contributed by atoms with E-state index in [-0.39, 0.29) is 5.97 Å². The second-order valence-corrected chi connectivity index (χ2v) is 4.22. The van der Waals surface area contributed by atoms with E-state index in [0.29, 0.717) is 6.61 Å². The third kappa shape index (κ3) is 11.9. The molecule has 0 spiro atoms. The normalized spacial score (nSPS) is 10.7. The van der Waals surface area contributed by atoms with Crippen molar-refractivity contribution in [2.24, 2.45) is 0 Å². The summed E-state index contributed by atoms with van der Waals surface area (Å²) in [5.74, 6) is -0.174. The number of carbonyl (C=O) groups is 1. The smallest absolute Gasteiger partial charge is 0.302 e. The van der Waals surface area contributed by atoms with Gasteiger partial charge < -0.3 is 4.74 Å². The van der Waals surface area contributed by atoms with E-state index in [1.165, 1.54) is 24.2 Å². The highest BCUT2D eigenvalue weighted by Gasteiger charge is 1.91. The van der Waals surface area contributed by atoms with Crippen LogP contribution in [0.15, 0.2) is 12.2 Å². The Balaban J connectivity index is 3.02. The van der Waals surface area contributed by atoms with Gasteiger partial charge in [-0.1, -0.05) is 34.7 Å². The maximum Gasteiger partial charge on any atom is 0.302 e. The molecule has 82 valence electrons. The number of allylic oxidation sites excluding steroid dienone is 2. The number of hydrogen-bond acceptors (Lipinski definition) is 2. The summed E-state index contributed by atoms with van der Waals surface area (Å²) in [5, 5.41) is 0. The van der Waals surface area contributed by atoms with E-state index in [0.717, 1.165) is 19.3 Å². The molecule has 0 unspecified atom stereocenters. The van der Waals surface area contributed by atoms with Crippen LogP contribution >= 0.6 is 22.6 Å². The molecule has 0 atom stereocenters. The Bertz CT molecular complexity index is 167. The molecule has 0 aromatic heterocycles. The number of hydrogen-bond donors (Lipinski definition) is 0. The summed E-state index contributed by atoms with van der Waals surface area (Å²) in [6, 6.07) is 0. The fourth-order valence-electron chi connectivity index (χ4n) is 1.06. The molecule has 3 heteroatoms. The second kappa shape index (κ2) is 11.0. The summed E-state index contributed by atoms with van der Waals surface area (Å²) in [7, 11) is 0. The van der Waals surface area contributed by atoms with Crippen molar-refractivity contribution < 1.29 is 9.53 Å². The quantitative estimate of drug-likeness (QED) is 0.225. The fourth-order valence-corrected chi connectivity index (χ4v) is 1.42. The van der Waals surface area contributed by atoms with Crippen molar-refractivity contribution in [1.29, 1.82) is 0 Å². The Kier molecular flexibility index (Phi) is 11.0. The van der Waals surface area contributed by atoms with Crippen molar-refractivity contribution in [1.82, 2.24) is 0 Å². The monoisotopic (exact) mass is 310 g/mol. The SMILES string of the molecule is CC(=O)OCCCCC/C=C/CCI. The Morgan fingerprint density at radius 2 is 1.93 bits per heavy atom. The Morgan fingerprint density at radius 3 is 2.57 bits per heavy atom. The molecule has 0 rings (SSSR count). The molecule has 0 bridgehead atoms. The number of unbranched alkanes of at least 4 members (excludes halogenated alkanes) is 3. The van der Waals surface area contributed by atoms with Crippen LogP contribution < -0.4 is 0 Å². The fraction of sp³-hybridized carbons (Fsp3) is 0.727. The lowest BCUT2D eigenvalue weighted by Crippen LogP contribution is -1.99. The van der Waals surface area contributed by atoms with Crippen molar-refractivity contribution in [3.05, 3.63) is 12.2 Å². The van der Waals surface area contributed by atoms with Crippen LogP contribution in [0.5, 0.6) is 0 Å². The van der Waals surface area contributed by atoms with Gasteiger partial charge in [-0.25, -0.2) is 0 Å². The molecule has 0 aliphatic heterocycles. The van der Waals surface area contributed by atoms with E-state index < -0.39 is 0 Å². The van der Waals surface area contributed by atoms with Gasteiger partial charge in [-0.05, 0) is 32.1 Å². The Labute approximate surface area is 100 Å². The van der Waals surface area contributed by atoms with Crippen LogP contribution in [0.3, 0.4) is 0 Å². The molecule has 0 amide bonds. The standard InChI is InChI=1S/C11H19IO2/c1-11(13)14-10-8-6-4-2-3-5-7-9-12/h3,5H,2,4,6-10H2,1H3/b5-3+. The number of halogens is 1. The van der Waals surface area contributed by atoms with Gasteiger partial charge in [-0.2, -0.15) is 0 Å². The molecule has 14 heavy (non-hydrogen) atoms. The summed E-state index contributed by atoms with van der Waals surface area (Å²) in [5.41, 5.74) is 0. The molecular weight excluding hydrogens is 291 g/mol. The van der Waals surface area contributed by atoms with Gasteiger partial charge in [0, 0.05) is 11.4 Å². The zero-order chi connectivity index (χ0) is 10.6. The number of esters is 1. The van der Waals surface area contributed by atoms with Crippen molar-refractivity contribution >= 4 is 28.6 Å². The zero-order valence-corrected chi connectivity index (χ0v) is 11.0. The maximum absolute atomic E-state index is 10.4. The van der Waals surface area contributed by atoms with Gasteiger partial charge in [0.1, 0.15) is 0 Å². The van der Waals surface area contributed by atoms with E-state index in [9.17, 15) is 4.79 Å². The average molecular weight is 310 g/mol. The highest BCUT2D eigenvalue weighted by Crippen LogP contribution is 2.02. The minimum absolute atomic E-state index is 0.174. The molecule has 0 aromatic rings. The van der Waals surface area contributed by atoms with Gasteiger partial charge in [-0.15, -0.1) is 0 Å². The van der Waals surface area contributed by atoms with Crippen LogP contribution in [0.4, 0.5) is 0 Å². The van der Waals surface area contributed by atoms with E-state index >= 15 is 0 Å². The highest BCUT2D eigenvalue weighted by molar-refractivity contribution is 14.1. The lowest BCUT2D eigenvalue weighted by molar-refractivity contribution is -0.141. The summed E-state index contributed by atoms with van der Waals surface area (Å²) in [6.45, 7) is 2.03. The summed E-state index contributed by atoms with van der Waals surface area (Å²) in [6.07, 6.45) is 10.1. The van der Waals surface area contributed by atoms with Gasteiger partial charge in [-0.3, -0.25) is 4.79 Å². The molecule has 0 fully saturated rings. The van der Waals surface area contributed by atoms with Gasteiger partial charge in [0.2, 0.25) is 0 Å². The van der Waals surface area contributed by atoms with Crippen LogP contribution in [0.2, 0.25) is 0 Å². The summed E-state index contributed by atoms with van der Waals surface area (Å²) >= 11 is 2.37. The number of rotatable bonds is 8. The molecule has 0 N–H and O–H groups in total. The molecule has 0 aliphatic rings. The summed E-state index contributed by atoms with van der Waals surface area (Å²) in [4.78, 5) is 10.4. The molecule has 0 saturated heterocycles. The van der Waals surface area contributed by atoms with E-state index in [1.54, 1.807) is 0 Å². The molecule has 0 aromatic carbocycles. The predicted molar refractivity (Wildman–Crippen MR) is 67.7 cm³/mol. The van der Waals surface area contributed by atoms with Gasteiger partial charge in [0.05, 0.1) is 6.61 Å².